The van der Waals surface area contributed by atoms with Crippen molar-refractivity contribution in [3.63, 3.8) is 0 Å². The van der Waals surface area contributed by atoms with Gasteiger partial charge in [0.25, 0.3) is 0 Å². The Balaban J connectivity index is 1.39. The molecule has 0 aliphatic carbocycles. The zero-order chi connectivity index (χ0) is 14.8. The summed E-state index contributed by atoms with van der Waals surface area (Å²) in [6.45, 7) is 3.22. The van der Waals surface area contributed by atoms with Crippen molar-refractivity contribution < 1.29 is 44.9 Å². The van der Waals surface area contributed by atoms with E-state index in [-0.39, 0.29) is 12.4 Å². The molecule has 1 aromatic heterocycles. The van der Waals surface area contributed by atoms with Crippen LogP contribution in [-0.2, 0) is 20.8 Å². The molecule has 22 heavy (non-hydrogen) atoms. The van der Waals surface area contributed by atoms with Gasteiger partial charge in [0, 0.05) is 0 Å². The Labute approximate surface area is 138 Å². The molecule has 4 rings (SSSR count). The van der Waals surface area contributed by atoms with Crippen molar-refractivity contribution in [1.82, 2.24) is 9.97 Å². The van der Waals surface area contributed by atoms with Crippen molar-refractivity contribution in [3.05, 3.63) is 11.8 Å². The van der Waals surface area contributed by atoms with Crippen molar-refractivity contribution >= 4 is 0 Å². The maximum atomic E-state index is 5.76. The summed E-state index contributed by atoms with van der Waals surface area (Å²) < 4.78 is 29.5. The number of ether oxygens (including phenoxy) is 5. The van der Waals surface area contributed by atoms with E-state index in [4.69, 9.17) is 23.7 Å². The van der Waals surface area contributed by atoms with Gasteiger partial charge in [0.15, 0.2) is 0 Å². The summed E-state index contributed by atoms with van der Waals surface area (Å²) in [5.41, 5.74) is 0.808. The summed E-state index contributed by atoms with van der Waals surface area (Å²) >= 11 is 0.381. The van der Waals surface area contributed by atoms with Crippen LogP contribution in [0.15, 0.2) is 6.20 Å². The average molecular weight is 421 g/mol. The second-order valence-corrected chi connectivity index (χ2v) is 8.90. The fraction of sp³-hybridized carbons (Fsp3) is 0.714. The molecule has 0 saturated carbocycles. The van der Waals surface area contributed by atoms with Crippen LogP contribution in [0.4, 0.5) is 0 Å². The summed E-state index contributed by atoms with van der Waals surface area (Å²) in [5.74, 6) is 0.497. The molecule has 0 N–H and O–H groups in total. The molecule has 3 atom stereocenters. The summed E-state index contributed by atoms with van der Waals surface area (Å²) in [7, 11) is 0. The molecule has 3 aliphatic rings. The van der Waals surface area contributed by atoms with Gasteiger partial charge in [-0.1, -0.05) is 0 Å². The monoisotopic (exact) mass is 421 g/mol. The van der Waals surface area contributed by atoms with E-state index >= 15 is 0 Å². The number of rotatable bonds is 9. The van der Waals surface area contributed by atoms with Gasteiger partial charge in [0.05, 0.1) is 0 Å². The van der Waals surface area contributed by atoms with Gasteiger partial charge in [-0.25, -0.2) is 0 Å². The van der Waals surface area contributed by atoms with Gasteiger partial charge < -0.3 is 0 Å². The molecule has 122 valence electrons. The fourth-order valence-electron chi connectivity index (χ4n) is 1.86. The average Bonchev–Trinajstić information content (AvgIpc) is 3.35. The van der Waals surface area contributed by atoms with Crippen LogP contribution in [0.25, 0.3) is 0 Å². The first-order chi connectivity index (χ1) is 10.9. The first-order valence-corrected chi connectivity index (χ1v) is 10.2. The molecule has 1 aromatic rings. The van der Waals surface area contributed by atoms with Crippen LogP contribution in [-0.4, -0.2) is 57.1 Å². The zero-order valence-corrected chi connectivity index (χ0v) is 14.2. The van der Waals surface area contributed by atoms with Crippen molar-refractivity contribution in [3.8, 4) is 11.9 Å². The van der Waals surface area contributed by atoms with Crippen LogP contribution < -0.4 is 30.7 Å². The third-order valence-corrected chi connectivity index (χ3v) is 5.92. The van der Waals surface area contributed by atoms with Crippen molar-refractivity contribution in [1.29, 1.82) is 0 Å². The minimum absolute atomic E-state index is 0.220. The molecular weight excluding hydrogens is 403 g/mol. The number of nitrogens with zero attached hydrogens (tertiary/aromatic N) is 2. The van der Waals surface area contributed by atoms with Gasteiger partial charge in [0.1, 0.15) is 0 Å². The van der Waals surface area contributed by atoms with E-state index in [0.717, 1.165) is 35.7 Å². The summed E-state index contributed by atoms with van der Waals surface area (Å²) in [5, 5.41) is 0. The molecule has 0 amide bonds. The molecule has 3 fully saturated rings. The number of epoxide rings is 1. The van der Waals surface area contributed by atoms with Gasteiger partial charge >= 0.3 is 139 Å². The number of halogens is 1. The first-order valence-electron chi connectivity index (χ1n) is 7.41. The standard InChI is InChI=1S/C14H18IN2O5/c1-2-19-12(1)22-13-9(5-18-7-11-8-20-11)4-16-14(17-13)21-6-10-3-15-10/h4,10-12H,1-3,5-8H2/q-1. The van der Waals surface area contributed by atoms with E-state index in [2.05, 4.69) is 9.97 Å². The van der Waals surface area contributed by atoms with Gasteiger partial charge in [-0.3, -0.25) is 0 Å². The normalized spacial score (nSPS) is 29.2. The Bertz CT molecular complexity index is 520. The molecule has 0 spiro atoms. The van der Waals surface area contributed by atoms with Crippen LogP contribution in [0.5, 0.6) is 11.9 Å². The van der Waals surface area contributed by atoms with Crippen molar-refractivity contribution in [2.45, 2.75) is 29.3 Å². The topological polar surface area (TPSA) is 75.2 Å². The van der Waals surface area contributed by atoms with E-state index in [0.29, 0.717) is 46.3 Å². The van der Waals surface area contributed by atoms with E-state index in [9.17, 15) is 0 Å². The van der Waals surface area contributed by atoms with Crippen LogP contribution in [0.1, 0.15) is 12.0 Å². The zero-order valence-electron chi connectivity index (χ0n) is 12.1. The number of hydrogen-bond donors (Lipinski definition) is 0. The summed E-state index contributed by atoms with van der Waals surface area (Å²) in [6.07, 6.45) is 2.61. The van der Waals surface area contributed by atoms with E-state index in [1.807, 2.05) is 0 Å². The van der Waals surface area contributed by atoms with Gasteiger partial charge in [-0.05, 0) is 0 Å². The van der Waals surface area contributed by atoms with Crippen LogP contribution in [0, 0.1) is 0 Å². The second-order valence-electron chi connectivity index (χ2n) is 5.38. The van der Waals surface area contributed by atoms with Crippen LogP contribution in [0.3, 0.4) is 0 Å². The van der Waals surface area contributed by atoms with Crippen molar-refractivity contribution in [2.24, 2.45) is 0 Å². The van der Waals surface area contributed by atoms with Crippen LogP contribution in [0.2, 0.25) is 0 Å². The molecule has 3 unspecified atom stereocenters. The van der Waals surface area contributed by atoms with Crippen molar-refractivity contribution in [2.75, 3.05) is 30.9 Å². The molecule has 0 bridgehead atoms. The van der Waals surface area contributed by atoms with E-state index in [1.54, 1.807) is 6.20 Å². The van der Waals surface area contributed by atoms with Gasteiger partial charge in [-0.15, -0.1) is 0 Å². The van der Waals surface area contributed by atoms with Crippen LogP contribution >= 0.6 is 0 Å². The number of aromatic nitrogens is 2. The van der Waals surface area contributed by atoms with Gasteiger partial charge in [-0.2, -0.15) is 0 Å². The Morgan fingerprint density at radius 2 is 2.18 bits per heavy atom. The van der Waals surface area contributed by atoms with Gasteiger partial charge in [0.2, 0.25) is 0 Å². The Morgan fingerprint density at radius 1 is 1.32 bits per heavy atom. The quantitative estimate of drug-likeness (QED) is 0.245. The molecule has 8 heteroatoms. The molecule has 7 nitrogen and oxygen atoms in total. The molecular formula is C14H18IN2O5-. The first kappa shape index (κ1) is 14.9. The minimum atomic E-state index is -0.220. The SMILES string of the molecule is c1nc(OCC2C[I-]2)nc(OC2CCO2)c1COCC1CO1. The predicted octanol–water partition coefficient (Wildman–Crippen LogP) is -2.63. The molecule has 0 radical (unpaired) electrons. The summed E-state index contributed by atoms with van der Waals surface area (Å²) in [6, 6.07) is 0.375. The number of hydrogen-bond acceptors (Lipinski definition) is 7. The Kier molecular flexibility index (Phi) is 4.60. The second kappa shape index (κ2) is 6.81. The predicted molar refractivity (Wildman–Crippen MR) is 70.6 cm³/mol. The Hall–Kier alpha value is -0.710. The summed E-state index contributed by atoms with van der Waals surface area (Å²) in [4.78, 5) is 8.62. The molecule has 0 aromatic carbocycles. The molecule has 3 aliphatic heterocycles. The number of alkyl halides is 2. The van der Waals surface area contributed by atoms with E-state index < -0.39 is 0 Å². The third kappa shape index (κ3) is 4.18. The molecule has 3 saturated heterocycles. The molecule has 4 heterocycles. The Morgan fingerprint density at radius 3 is 2.86 bits per heavy atom. The fourth-order valence-corrected chi connectivity index (χ4v) is 2.91. The maximum absolute atomic E-state index is 5.76. The van der Waals surface area contributed by atoms with E-state index in [1.165, 1.54) is 4.43 Å². The third-order valence-electron chi connectivity index (χ3n) is 3.43.